The number of anilines is 1. The van der Waals surface area contributed by atoms with E-state index in [0.29, 0.717) is 22.0 Å². The number of halogens is 1. The summed E-state index contributed by atoms with van der Waals surface area (Å²) < 4.78 is 0. The minimum absolute atomic E-state index is 0.175. The molecule has 7 nitrogen and oxygen atoms in total. The van der Waals surface area contributed by atoms with E-state index in [9.17, 15) is 19.2 Å². The second kappa shape index (κ2) is 7.44. The van der Waals surface area contributed by atoms with Gasteiger partial charge in [0.1, 0.15) is 6.54 Å². The van der Waals surface area contributed by atoms with Gasteiger partial charge < -0.3 is 5.32 Å². The topological polar surface area (TPSA) is 86.8 Å². The Morgan fingerprint density at radius 1 is 1.17 bits per heavy atom. The highest BCUT2D eigenvalue weighted by molar-refractivity contribution is 6.45. The molecule has 0 unspecified atom stereocenters. The van der Waals surface area contributed by atoms with E-state index in [-0.39, 0.29) is 6.54 Å². The summed E-state index contributed by atoms with van der Waals surface area (Å²) in [4.78, 5) is 49.5. The first kappa shape index (κ1) is 17.9. The molecule has 1 aromatic rings. The van der Waals surface area contributed by atoms with Crippen LogP contribution in [0.4, 0.5) is 10.5 Å². The van der Waals surface area contributed by atoms with Gasteiger partial charge in [0.15, 0.2) is 0 Å². The van der Waals surface area contributed by atoms with E-state index in [1.807, 2.05) is 6.92 Å². The first-order chi connectivity index (χ1) is 11.3. The van der Waals surface area contributed by atoms with Crippen molar-refractivity contribution in [3.8, 4) is 0 Å². The summed E-state index contributed by atoms with van der Waals surface area (Å²) in [6.07, 6.45) is 1.39. The summed E-state index contributed by atoms with van der Waals surface area (Å²) in [5, 5.41) is 3.14. The maximum Gasteiger partial charge on any atom is 0.334 e. The highest BCUT2D eigenvalue weighted by Crippen LogP contribution is 2.20. The van der Waals surface area contributed by atoms with E-state index >= 15 is 0 Å². The molecule has 0 spiro atoms. The van der Waals surface area contributed by atoms with Gasteiger partial charge in [0.2, 0.25) is 5.91 Å². The molecule has 1 heterocycles. The smallest absolute Gasteiger partial charge is 0.324 e. The first-order valence-electron chi connectivity index (χ1n) is 7.58. The lowest BCUT2D eigenvalue weighted by molar-refractivity contribution is -0.143. The van der Waals surface area contributed by atoms with Gasteiger partial charge in [0.25, 0.3) is 0 Å². The molecule has 0 bridgehead atoms. The number of carbonyl (C=O) groups is 4. The average Bonchev–Trinajstić information content (AvgIpc) is 2.72. The van der Waals surface area contributed by atoms with Crippen molar-refractivity contribution in [2.24, 2.45) is 0 Å². The number of rotatable bonds is 6. The predicted molar refractivity (Wildman–Crippen MR) is 88.5 cm³/mol. The fourth-order valence-corrected chi connectivity index (χ4v) is 2.53. The number of hydrogen-bond donors (Lipinski definition) is 1. The fourth-order valence-electron chi connectivity index (χ4n) is 2.30. The summed E-state index contributed by atoms with van der Waals surface area (Å²) >= 11 is 5.85. The molecule has 2 rings (SSSR count). The molecule has 1 aliphatic rings. The summed E-state index contributed by atoms with van der Waals surface area (Å²) in [7, 11) is 0. The molecule has 1 aromatic carbocycles. The van der Waals surface area contributed by atoms with Crippen LogP contribution in [0.1, 0.15) is 25.3 Å². The molecule has 24 heavy (non-hydrogen) atoms. The molecule has 0 saturated carbocycles. The van der Waals surface area contributed by atoms with Gasteiger partial charge in [0.05, 0.1) is 0 Å². The molecule has 1 N–H and O–H groups in total. The van der Waals surface area contributed by atoms with Crippen molar-refractivity contribution in [2.75, 3.05) is 18.4 Å². The van der Waals surface area contributed by atoms with Crippen LogP contribution >= 0.6 is 11.6 Å². The first-order valence-corrected chi connectivity index (χ1v) is 7.96. The lowest BCUT2D eigenvalue weighted by Crippen LogP contribution is -2.39. The molecule has 1 saturated heterocycles. The van der Waals surface area contributed by atoms with Crippen LogP contribution in [0.15, 0.2) is 18.2 Å². The zero-order chi connectivity index (χ0) is 17.9. The molecular weight excluding hydrogens is 334 g/mol. The summed E-state index contributed by atoms with van der Waals surface area (Å²) in [5.41, 5.74) is 1.27. The number of benzene rings is 1. The summed E-state index contributed by atoms with van der Waals surface area (Å²) in [6, 6.07) is 4.18. The Morgan fingerprint density at radius 3 is 2.46 bits per heavy atom. The van der Waals surface area contributed by atoms with Crippen LogP contribution in [0.3, 0.4) is 0 Å². The molecule has 128 valence electrons. The van der Waals surface area contributed by atoms with Crippen molar-refractivity contribution >= 4 is 41.0 Å². The molecule has 0 atom stereocenters. The molecule has 1 aliphatic heterocycles. The zero-order valence-corrected chi connectivity index (χ0v) is 14.2. The number of hydrogen-bond acceptors (Lipinski definition) is 4. The van der Waals surface area contributed by atoms with Crippen LogP contribution in [0.5, 0.6) is 0 Å². The number of amides is 5. The maximum absolute atomic E-state index is 12.1. The van der Waals surface area contributed by atoms with Crippen LogP contribution < -0.4 is 5.32 Å². The molecule has 1 fully saturated rings. The van der Waals surface area contributed by atoms with Crippen LogP contribution in [-0.2, 0) is 14.4 Å². The number of urea groups is 1. The van der Waals surface area contributed by atoms with E-state index in [2.05, 4.69) is 5.32 Å². The van der Waals surface area contributed by atoms with Gasteiger partial charge in [-0.3, -0.25) is 19.3 Å². The predicted octanol–water partition coefficient (Wildman–Crippen LogP) is 2.18. The summed E-state index contributed by atoms with van der Waals surface area (Å²) in [5.74, 6) is -2.42. The standard InChI is InChI=1S/C16H18ClN3O4/c1-3-4-7-19-14(22)15(23)20(16(19)24)9-13(21)18-12-6-5-11(17)8-10(12)2/h5-6,8H,3-4,7,9H2,1-2H3,(H,18,21). The normalized spacial score (nSPS) is 14.5. The Balaban J connectivity index is 2.04. The van der Waals surface area contributed by atoms with Gasteiger partial charge in [-0.05, 0) is 37.1 Å². The number of nitrogens with one attached hydrogen (secondary N) is 1. The SMILES string of the molecule is CCCCN1C(=O)C(=O)N(CC(=O)Nc2ccc(Cl)cc2C)C1=O. The van der Waals surface area contributed by atoms with Gasteiger partial charge >= 0.3 is 17.8 Å². The second-order valence-electron chi connectivity index (χ2n) is 5.49. The maximum atomic E-state index is 12.1. The largest absolute Gasteiger partial charge is 0.334 e. The average molecular weight is 352 g/mol. The third-order valence-corrected chi connectivity index (χ3v) is 3.87. The Bertz CT molecular complexity index is 705. The van der Waals surface area contributed by atoms with Gasteiger partial charge in [-0.2, -0.15) is 0 Å². The second-order valence-corrected chi connectivity index (χ2v) is 5.93. The van der Waals surface area contributed by atoms with Crippen LogP contribution in [0.2, 0.25) is 5.02 Å². The van der Waals surface area contributed by atoms with Gasteiger partial charge in [-0.25, -0.2) is 9.69 Å². The van der Waals surface area contributed by atoms with Crippen LogP contribution in [0, 0.1) is 6.92 Å². The quantitative estimate of drug-likeness (QED) is 0.628. The Morgan fingerprint density at radius 2 is 1.83 bits per heavy atom. The minimum Gasteiger partial charge on any atom is -0.324 e. The Hall–Kier alpha value is -2.41. The fraction of sp³-hybridized carbons (Fsp3) is 0.375. The molecule has 0 aromatic heterocycles. The van der Waals surface area contributed by atoms with Crippen LogP contribution in [-0.4, -0.2) is 46.6 Å². The Labute approximate surface area is 144 Å². The van der Waals surface area contributed by atoms with E-state index in [1.165, 1.54) is 0 Å². The molecule has 5 amide bonds. The zero-order valence-electron chi connectivity index (χ0n) is 13.5. The molecule has 0 aliphatic carbocycles. The van der Waals surface area contributed by atoms with E-state index < -0.39 is 30.3 Å². The highest BCUT2D eigenvalue weighted by atomic mass is 35.5. The number of aryl methyl sites for hydroxylation is 1. The number of unbranched alkanes of at least 4 members (excludes halogenated alkanes) is 1. The van der Waals surface area contributed by atoms with Crippen molar-refractivity contribution < 1.29 is 19.2 Å². The van der Waals surface area contributed by atoms with E-state index in [0.717, 1.165) is 16.9 Å². The highest BCUT2D eigenvalue weighted by Gasteiger charge is 2.44. The lowest BCUT2D eigenvalue weighted by Gasteiger charge is -2.15. The van der Waals surface area contributed by atoms with E-state index in [1.54, 1.807) is 25.1 Å². The third-order valence-electron chi connectivity index (χ3n) is 3.63. The van der Waals surface area contributed by atoms with Crippen molar-refractivity contribution in [2.45, 2.75) is 26.7 Å². The number of carbonyl (C=O) groups excluding carboxylic acids is 4. The van der Waals surface area contributed by atoms with Crippen molar-refractivity contribution in [3.05, 3.63) is 28.8 Å². The van der Waals surface area contributed by atoms with Gasteiger partial charge in [0, 0.05) is 17.3 Å². The minimum atomic E-state index is -0.973. The van der Waals surface area contributed by atoms with Crippen LogP contribution in [0.25, 0.3) is 0 Å². The molecule has 8 heteroatoms. The van der Waals surface area contributed by atoms with E-state index in [4.69, 9.17) is 11.6 Å². The van der Waals surface area contributed by atoms with Crippen molar-refractivity contribution in [3.63, 3.8) is 0 Å². The molecule has 0 radical (unpaired) electrons. The van der Waals surface area contributed by atoms with Crippen molar-refractivity contribution in [1.29, 1.82) is 0 Å². The number of imide groups is 2. The number of nitrogens with zero attached hydrogens (tertiary/aromatic N) is 2. The van der Waals surface area contributed by atoms with Gasteiger partial charge in [-0.15, -0.1) is 0 Å². The monoisotopic (exact) mass is 351 g/mol. The molecular formula is C16H18ClN3O4. The van der Waals surface area contributed by atoms with Crippen molar-refractivity contribution in [1.82, 2.24) is 9.80 Å². The van der Waals surface area contributed by atoms with Gasteiger partial charge in [-0.1, -0.05) is 24.9 Å². The lowest BCUT2D eigenvalue weighted by atomic mass is 10.2. The Kier molecular flexibility index (Phi) is 5.56. The summed E-state index contributed by atoms with van der Waals surface area (Å²) in [6.45, 7) is 3.35. The third kappa shape index (κ3) is 3.73.